The monoisotopic (exact) mass is 402 g/mol. The summed E-state index contributed by atoms with van der Waals surface area (Å²) in [5.74, 6) is -2.00. The fourth-order valence-electron chi connectivity index (χ4n) is 2.39. The van der Waals surface area contributed by atoms with E-state index in [-0.39, 0.29) is 22.1 Å². The van der Waals surface area contributed by atoms with Crippen molar-refractivity contribution in [1.82, 2.24) is 10.3 Å². The van der Waals surface area contributed by atoms with E-state index in [1.165, 1.54) is 6.07 Å². The minimum atomic E-state index is -0.735. The topological polar surface area (TPSA) is 83.1 Å². The van der Waals surface area contributed by atoms with Crippen LogP contribution in [-0.4, -0.2) is 16.9 Å². The van der Waals surface area contributed by atoms with Crippen molar-refractivity contribution in [2.24, 2.45) is 0 Å². The van der Waals surface area contributed by atoms with Crippen LogP contribution in [0.25, 0.3) is 0 Å². The number of hydrogen-bond acceptors (Lipinski definition) is 4. The number of carbonyl (C=O) groups is 2. The molecule has 0 fully saturated rings. The Balaban J connectivity index is 1.63. The van der Waals surface area contributed by atoms with Crippen molar-refractivity contribution in [2.45, 2.75) is 13.5 Å². The van der Waals surface area contributed by atoms with Crippen molar-refractivity contribution in [2.75, 3.05) is 10.6 Å². The minimum absolute atomic E-state index is 0.224. The predicted octanol–water partition coefficient (Wildman–Crippen LogP) is 4.30. The number of amides is 3. The SMILES string of the molecule is Cc1nc(NC(=O)Nc2ccccc2)sc1C(=O)NCc1c(F)cccc1F. The number of rotatable bonds is 5. The number of carbonyl (C=O) groups excluding carboxylic acids is 2. The lowest BCUT2D eigenvalue weighted by atomic mass is 10.2. The molecule has 3 aromatic rings. The zero-order valence-corrected chi connectivity index (χ0v) is 15.6. The molecule has 3 N–H and O–H groups in total. The number of halogens is 2. The highest BCUT2D eigenvalue weighted by atomic mass is 32.1. The molecule has 2 aromatic carbocycles. The molecule has 144 valence electrons. The maximum absolute atomic E-state index is 13.7. The number of hydrogen-bond donors (Lipinski definition) is 3. The summed E-state index contributed by atoms with van der Waals surface area (Å²) in [6, 6.07) is 11.8. The molecule has 0 spiro atoms. The third kappa shape index (κ3) is 4.68. The van der Waals surface area contributed by atoms with Crippen LogP contribution in [0.4, 0.5) is 24.4 Å². The van der Waals surface area contributed by atoms with Crippen molar-refractivity contribution < 1.29 is 18.4 Å². The van der Waals surface area contributed by atoms with E-state index in [9.17, 15) is 18.4 Å². The molecule has 3 rings (SSSR count). The van der Waals surface area contributed by atoms with Gasteiger partial charge in [-0.15, -0.1) is 0 Å². The Morgan fingerprint density at radius 2 is 1.68 bits per heavy atom. The number of thiazole rings is 1. The molecule has 0 aliphatic rings. The zero-order valence-electron chi connectivity index (χ0n) is 14.8. The Labute approximate surface area is 163 Å². The van der Waals surface area contributed by atoms with Crippen molar-refractivity contribution in [3.05, 3.63) is 76.3 Å². The highest BCUT2D eigenvalue weighted by Gasteiger charge is 2.18. The summed E-state index contributed by atoms with van der Waals surface area (Å²) in [5, 5.41) is 7.89. The molecule has 0 bridgehead atoms. The van der Waals surface area contributed by atoms with Gasteiger partial charge in [0.05, 0.1) is 5.69 Å². The second-order valence-corrected chi connectivity index (χ2v) is 6.76. The van der Waals surface area contributed by atoms with Crippen LogP contribution in [0, 0.1) is 18.6 Å². The van der Waals surface area contributed by atoms with Gasteiger partial charge >= 0.3 is 6.03 Å². The van der Waals surface area contributed by atoms with Gasteiger partial charge in [0.25, 0.3) is 5.91 Å². The maximum Gasteiger partial charge on any atom is 0.325 e. The number of nitrogens with zero attached hydrogens (tertiary/aromatic N) is 1. The van der Waals surface area contributed by atoms with Gasteiger partial charge in [-0.25, -0.2) is 18.6 Å². The van der Waals surface area contributed by atoms with Crippen molar-refractivity contribution in [1.29, 1.82) is 0 Å². The lowest BCUT2D eigenvalue weighted by molar-refractivity contribution is 0.0953. The second kappa shape index (κ2) is 8.57. The van der Waals surface area contributed by atoms with E-state index < -0.39 is 23.6 Å². The summed E-state index contributed by atoms with van der Waals surface area (Å²) in [7, 11) is 0. The molecule has 0 unspecified atom stereocenters. The molecule has 6 nitrogen and oxygen atoms in total. The quantitative estimate of drug-likeness (QED) is 0.595. The molecule has 1 heterocycles. The smallest absolute Gasteiger partial charge is 0.325 e. The first-order chi connectivity index (χ1) is 13.4. The lowest BCUT2D eigenvalue weighted by Gasteiger charge is -2.06. The van der Waals surface area contributed by atoms with Crippen LogP contribution in [0.1, 0.15) is 20.9 Å². The van der Waals surface area contributed by atoms with Gasteiger partial charge in [-0.3, -0.25) is 10.1 Å². The highest BCUT2D eigenvalue weighted by Crippen LogP contribution is 2.23. The van der Waals surface area contributed by atoms with Crippen LogP contribution in [0.2, 0.25) is 0 Å². The number of aromatic nitrogens is 1. The number of benzene rings is 2. The van der Waals surface area contributed by atoms with Gasteiger partial charge in [-0.1, -0.05) is 35.6 Å². The van der Waals surface area contributed by atoms with Crippen LogP contribution >= 0.6 is 11.3 Å². The zero-order chi connectivity index (χ0) is 20.1. The summed E-state index contributed by atoms with van der Waals surface area (Å²) >= 11 is 0.967. The van der Waals surface area contributed by atoms with Crippen LogP contribution < -0.4 is 16.0 Å². The normalized spacial score (nSPS) is 10.4. The lowest BCUT2D eigenvalue weighted by Crippen LogP contribution is -2.23. The Morgan fingerprint density at radius 3 is 2.36 bits per heavy atom. The first kappa shape index (κ1) is 19.4. The molecule has 0 saturated carbocycles. The van der Waals surface area contributed by atoms with Crippen LogP contribution in [0.5, 0.6) is 0 Å². The number of urea groups is 1. The molecule has 0 aliphatic heterocycles. The Bertz CT molecular complexity index is 988. The van der Waals surface area contributed by atoms with E-state index in [2.05, 4.69) is 20.9 Å². The maximum atomic E-state index is 13.7. The van der Waals surface area contributed by atoms with Crippen LogP contribution in [0.3, 0.4) is 0 Å². The number of nitrogens with one attached hydrogen (secondary N) is 3. The van der Waals surface area contributed by atoms with Gasteiger partial charge in [0.1, 0.15) is 16.5 Å². The second-order valence-electron chi connectivity index (χ2n) is 5.76. The fraction of sp³-hybridized carbons (Fsp3) is 0.105. The summed E-state index contributed by atoms with van der Waals surface area (Å²) in [5.41, 5.74) is 0.781. The molecular formula is C19H16F2N4O2S. The molecule has 28 heavy (non-hydrogen) atoms. The molecule has 0 radical (unpaired) electrons. The highest BCUT2D eigenvalue weighted by molar-refractivity contribution is 7.17. The Kier molecular flexibility index (Phi) is 5.95. The summed E-state index contributed by atoms with van der Waals surface area (Å²) < 4.78 is 27.3. The standard InChI is InChI=1S/C19H16F2N4O2S/c1-11-16(17(26)22-10-13-14(20)8-5-9-15(13)21)28-19(23-11)25-18(27)24-12-6-3-2-4-7-12/h2-9H,10H2,1H3,(H,22,26)(H2,23,24,25,27). The van der Waals surface area contributed by atoms with Crippen LogP contribution in [0.15, 0.2) is 48.5 Å². The van der Waals surface area contributed by atoms with Gasteiger partial charge < -0.3 is 10.6 Å². The summed E-state index contributed by atoms with van der Waals surface area (Å²) in [6.45, 7) is 1.31. The van der Waals surface area contributed by atoms with E-state index in [0.29, 0.717) is 11.4 Å². The number of para-hydroxylation sites is 1. The Hall–Kier alpha value is -3.33. The fourth-order valence-corrected chi connectivity index (χ4v) is 3.27. The first-order valence-electron chi connectivity index (χ1n) is 8.25. The predicted molar refractivity (Wildman–Crippen MR) is 103 cm³/mol. The number of anilines is 2. The van der Waals surface area contributed by atoms with E-state index in [4.69, 9.17) is 0 Å². The van der Waals surface area contributed by atoms with E-state index >= 15 is 0 Å². The summed E-state index contributed by atoms with van der Waals surface area (Å²) in [4.78, 5) is 28.7. The van der Waals surface area contributed by atoms with Crippen molar-refractivity contribution in [3.63, 3.8) is 0 Å². The Morgan fingerprint density at radius 1 is 1.00 bits per heavy atom. The largest absolute Gasteiger partial charge is 0.347 e. The molecule has 0 saturated heterocycles. The van der Waals surface area contributed by atoms with Gasteiger partial charge in [0.2, 0.25) is 0 Å². The third-order valence-corrected chi connectivity index (χ3v) is 4.81. The van der Waals surface area contributed by atoms with Gasteiger partial charge in [-0.2, -0.15) is 0 Å². The van der Waals surface area contributed by atoms with E-state index in [1.807, 2.05) is 6.07 Å². The molecule has 1 aromatic heterocycles. The third-order valence-electron chi connectivity index (χ3n) is 3.74. The first-order valence-corrected chi connectivity index (χ1v) is 9.07. The minimum Gasteiger partial charge on any atom is -0.347 e. The van der Waals surface area contributed by atoms with Gasteiger partial charge in [0.15, 0.2) is 5.13 Å². The average molecular weight is 402 g/mol. The summed E-state index contributed by atoms with van der Waals surface area (Å²) in [6.07, 6.45) is 0. The molecule has 0 atom stereocenters. The van der Waals surface area contributed by atoms with E-state index in [1.54, 1.807) is 31.2 Å². The molecular weight excluding hydrogens is 386 g/mol. The van der Waals surface area contributed by atoms with Crippen molar-refractivity contribution >= 4 is 34.1 Å². The van der Waals surface area contributed by atoms with Crippen LogP contribution in [-0.2, 0) is 6.54 Å². The molecule has 9 heteroatoms. The van der Waals surface area contributed by atoms with E-state index in [0.717, 1.165) is 23.5 Å². The van der Waals surface area contributed by atoms with Crippen molar-refractivity contribution in [3.8, 4) is 0 Å². The van der Waals surface area contributed by atoms with Gasteiger partial charge in [-0.05, 0) is 31.2 Å². The molecule has 0 aliphatic carbocycles. The number of aryl methyl sites for hydroxylation is 1. The molecule has 3 amide bonds. The van der Waals surface area contributed by atoms with Gasteiger partial charge in [0, 0.05) is 17.8 Å². The average Bonchev–Trinajstić information content (AvgIpc) is 3.02.